The lowest BCUT2D eigenvalue weighted by Gasteiger charge is -2.00. The fourth-order valence-corrected chi connectivity index (χ4v) is 5.33. The standard InChI is InChI=1S/C20H34N2O2S2.2HI/c1-17-19(9-13-23)25-15-21(17)11-7-5-3-4-6-8-12-22-16-26-20(10-14-24)18(22)2;;/h15-16,23-24H,3-14H2,1-2H3;2*1H/q+2;;/p-2. The summed E-state index contributed by atoms with van der Waals surface area (Å²) in [5, 5.41) is 18.1. The van der Waals surface area contributed by atoms with Gasteiger partial charge in [0.25, 0.3) is 0 Å². The summed E-state index contributed by atoms with van der Waals surface area (Å²) in [5.74, 6) is 0. The number of rotatable bonds is 13. The number of thiazole rings is 2. The fourth-order valence-electron chi connectivity index (χ4n) is 3.30. The number of aliphatic hydroxyl groups excluding tert-OH is 2. The van der Waals surface area contributed by atoms with Gasteiger partial charge in [-0.1, -0.05) is 35.5 Å². The molecule has 0 aromatic carbocycles. The molecule has 2 aromatic rings. The summed E-state index contributed by atoms with van der Waals surface area (Å²) in [6, 6.07) is 0. The Morgan fingerprint density at radius 1 is 0.679 bits per heavy atom. The molecular weight excluding hydrogens is 618 g/mol. The molecule has 162 valence electrons. The lowest BCUT2D eigenvalue weighted by atomic mass is 10.1. The van der Waals surface area contributed by atoms with Crippen LogP contribution in [-0.4, -0.2) is 23.4 Å². The molecule has 0 aliphatic heterocycles. The molecule has 0 radical (unpaired) electrons. The number of hydrogen-bond donors (Lipinski definition) is 2. The van der Waals surface area contributed by atoms with Crippen LogP contribution in [0.1, 0.15) is 59.7 Å². The normalized spacial score (nSPS) is 10.6. The molecule has 2 heterocycles. The van der Waals surface area contributed by atoms with E-state index in [0.717, 1.165) is 25.9 Å². The Morgan fingerprint density at radius 3 is 1.39 bits per heavy atom. The van der Waals surface area contributed by atoms with Crippen molar-refractivity contribution in [3.05, 3.63) is 32.2 Å². The minimum Gasteiger partial charge on any atom is -1.00 e. The van der Waals surface area contributed by atoms with Crippen LogP contribution in [0.3, 0.4) is 0 Å². The third-order valence-electron chi connectivity index (χ3n) is 5.04. The van der Waals surface area contributed by atoms with Gasteiger partial charge in [0, 0.05) is 52.7 Å². The zero-order valence-corrected chi connectivity index (χ0v) is 22.9. The second kappa shape index (κ2) is 16.3. The van der Waals surface area contributed by atoms with E-state index in [9.17, 15) is 0 Å². The molecule has 0 atom stereocenters. The van der Waals surface area contributed by atoms with Crippen molar-refractivity contribution in [1.29, 1.82) is 0 Å². The lowest BCUT2D eigenvalue weighted by Crippen LogP contribution is -3.00. The van der Waals surface area contributed by atoms with Crippen molar-refractivity contribution in [2.45, 2.75) is 78.3 Å². The van der Waals surface area contributed by atoms with Crippen LogP contribution in [0.15, 0.2) is 11.0 Å². The van der Waals surface area contributed by atoms with Crippen LogP contribution in [-0.2, 0) is 25.9 Å². The van der Waals surface area contributed by atoms with E-state index in [-0.39, 0.29) is 61.2 Å². The average Bonchev–Trinajstić information content (AvgIpc) is 3.15. The number of hydrogen-bond acceptors (Lipinski definition) is 4. The van der Waals surface area contributed by atoms with E-state index < -0.39 is 0 Å². The average molecular weight is 652 g/mol. The summed E-state index contributed by atoms with van der Waals surface area (Å²) < 4.78 is 4.69. The number of aryl methyl sites for hydroxylation is 2. The first-order chi connectivity index (χ1) is 12.7. The van der Waals surface area contributed by atoms with Gasteiger partial charge in [-0.25, -0.2) is 0 Å². The number of halogens is 2. The van der Waals surface area contributed by atoms with Crippen molar-refractivity contribution in [3.8, 4) is 0 Å². The molecule has 0 unspecified atom stereocenters. The van der Waals surface area contributed by atoms with Crippen molar-refractivity contribution in [2.75, 3.05) is 13.2 Å². The molecule has 0 fully saturated rings. The van der Waals surface area contributed by atoms with E-state index in [1.54, 1.807) is 22.7 Å². The smallest absolute Gasteiger partial charge is 0.225 e. The molecule has 0 saturated heterocycles. The number of aromatic nitrogens is 2. The highest BCUT2D eigenvalue weighted by molar-refractivity contribution is 7.09. The van der Waals surface area contributed by atoms with E-state index >= 15 is 0 Å². The highest BCUT2D eigenvalue weighted by Gasteiger charge is 2.15. The van der Waals surface area contributed by atoms with Crippen LogP contribution in [0, 0.1) is 13.8 Å². The monoisotopic (exact) mass is 652 g/mol. The first kappa shape index (κ1) is 28.6. The lowest BCUT2D eigenvalue weighted by molar-refractivity contribution is -0.699. The number of nitrogens with zero attached hydrogens (tertiary/aromatic N) is 2. The maximum absolute atomic E-state index is 9.07. The van der Waals surface area contributed by atoms with Gasteiger partial charge in [0.15, 0.2) is 11.4 Å². The Kier molecular flexibility index (Phi) is 16.7. The first-order valence-electron chi connectivity index (χ1n) is 9.82. The van der Waals surface area contributed by atoms with E-state index in [0.29, 0.717) is 0 Å². The molecule has 2 rings (SSSR count). The Balaban J connectivity index is 0.00000364. The molecule has 2 N–H and O–H groups in total. The highest BCUT2D eigenvalue weighted by Crippen LogP contribution is 2.13. The van der Waals surface area contributed by atoms with Gasteiger partial charge < -0.3 is 58.2 Å². The van der Waals surface area contributed by atoms with Gasteiger partial charge in [-0.05, 0) is 12.8 Å². The van der Waals surface area contributed by atoms with Crippen molar-refractivity contribution in [1.82, 2.24) is 0 Å². The molecule has 8 heteroatoms. The maximum Gasteiger partial charge on any atom is 0.225 e. The van der Waals surface area contributed by atoms with Crippen LogP contribution >= 0.6 is 22.7 Å². The summed E-state index contributed by atoms with van der Waals surface area (Å²) in [7, 11) is 0. The van der Waals surface area contributed by atoms with Crippen LogP contribution in [0.2, 0.25) is 0 Å². The van der Waals surface area contributed by atoms with E-state index in [4.69, 9.17) is 10.2 Å². The predicted octanol–water partition coefficient (Wildman–Crippen LogP) is -2.88. The van der Waals surface area contributed by atoms with Gasteiger partial charge in [-0.2, -0.15) is 9.13 Å². The van der Waals surface area contributed by atoms with Crippen molar-refractivity contribution >= 4 is 22.7 Å². The van der Waals surface area contributed by atoms with Crippen molar-refractivity contribution < 1.29 is 67.3 Å². The molecule has 0 amide bonds. The van der Waals surface area contributed by atoms with Crippen LogP contribution in [0.4, 0.5) is 0 Å². The molecule has 0 saturated carbocycles. The minimum absolute atomic E-state index is 0. The molecule has 0 spiro atoms. The first-order valence-corrected chi connectivity index (χ1v) is 11.6. The highest BCUT2D eigenvalue weighted by atomic mass is 127. The summed E-state index contributed by atoms with van der Waals surface area (Å²) >= 11 is 3.53. The SMILES string of the molecule is Cc1c(CCO)sc[n+]1CCCCCCCC[n+]1csc(CCO)c1C.[I-].[I-]. The van der Waals surface area contributed by atoms with Gasteiger partial charge in [-0.3, -0.25) is 0 Å². The third-order valence-corrected chi connectivity index (χ3v) is 7.33. The fraction of sp³-hybridized carbons (Fsp3) is 0.700. The molecule has 0 aliphatic carbocycles. The van der Waals surface area contributed by atoms with E-state index in [2.05, 4.69) is 34.0 Å². The summed E-state index contributed by atoms with van der Waals surface area (Å²) in [5.41, 5.74) is 7.05. The zero-order chi connectivity index (χ0) is 18.8. The van der Waals surface area contributed by atoms with Gasteiger partial charge >= 0.3 is 0 Å². The maximum atomic E-state index is 9.07. The van der Waals surface area contributed by atoms with Crippen LogP contribution < -0.4 is 57.1 Å². The topological polar surface area (TPSA) is 48.2 Å². The van der Waals surface area contributed by atoms with Gasteiger partial charge in [0.1, 0.15) is 13.1 Å². The van der Waals surface area contributed by atoms with Gasteiger partial charge in [0.05, 0.1) is 9.75 Å². The number of unbranched alkanes of at least 4 members (excludes halogenated alkanes) is 5. The Hall–Kier alpha value is 0.640. The zero-order valence-electron chi connectivity index (χ0n) is 17.0. The van der Waals surface area contributed by atoms with Crippen molar-refractivity contribution in [2.24, 2.45) is 0 Å². The molecule has 0 bridgehead atoms. The van der Waals surface area contributed by atoms with Crippen LogP contribution in [0.5, 0.6) is 0 Å². The second-order valence-corrected chi connectivity index (χ2v) is 8.80. The summed E-state index contributed by atoms with van der Waals surface area (Å²) in [6.07, 6.45) is 9.27. The van der Waals surface area contributed by atoms with E-state index in [1.807, 2.05) is 0 Å². The minimum atomic E-state index is 0. The predicted molar refractivity (Wildman–Crippen MR) is 108 cm³/mol. The largest absolute Gasteiger partial charge is 1.00 e. The molecule has 28 heavy (non-hydrogen) atoms. The molecule has 0 aliphatic rings. The second-order valence-electron chi connectivity index (χ2n) is 6.92. The van der Waals surface area contributed by atoms with E-state index in [1.165, 1.54) is 59.7 Å². The van der Waals surface area contributed by atoms with Crippen LogP contribution in [0.25, 0.3) is 0 Å². The van der Waals surface area contributed by atoms with Crippen molar-refractivity contribution in [3.63, 3.8) is 0 Å². The summed E-state index contributed by atoms with van der Waals surface area (Å²) in [4.78, 5) is 2.63. The quantitative estimate of drug-likeness (QED) is 0.139. The number of aliphatic hydroxyl groups is 2. The Bertz CT molecular complexity index is 606. The molecule has 2 aromatic heterocycles. The molecular formula is C20H34I2N2O2S2. The Morgan fingerprint density at radius 2 is 1.04 bits per heavy atom. The third kappa shape index (κ3) is 9.20. The summed E-state index contributed by atoms with van der Waals surface area (Å²) in [6.45, 7) is 7.02. The van der Waals surface area contributed by atoms with Gasteiger partial charge in [-0.15, -0.1) is 0 Å². The Labute approximate surface area is 212 Å². The van der Waals surface area contributed by atoms with Gasteiger partial charge in [0.2, 0.25) is 11.0 Å². The molecule has 4 nitrogen and oxygen atoms in total.